The Hall–Kier alpha value is -1.06. The molecular formula is C31H52O4. The Balaban J connectivity index is 1.50. The van der Waals surface area contributed by atoms with Gasteiger partial charge in [0.05, 0.1) is 0 Å². The lowest BCUT2D eigenvalue weighted by molar-refractivity contribution is -0.205. The van der Waals surface area contributed by atoms with Crippen molar-refractivity contribution in [2.45, 2.75) is 131 Å². The molecule has 4 nitrogen and oxygen atoms in total. The van der Waals surface area contributed by atoms with Crippen LogP contribution in [0.5, 0.6) is 0 Å². The zero-order chi connectivity index (χ0) is 25.5. The van der Waals surface area contributed by atoms with Gasteiger partial charge in [-0.2, -0.15) is 0 Å². The van der Waals surface area contributed by atoms with Crippen molar-refractivity contribution in [3.8, 4) is 0 Å². The summed E-state index contributed by atoms with van der Waals surface area (Å²) >= 11 is 0. The predicted octanol–water partition coefficient (Wildman–Crippen LogP) is 7.58. The summed E-state index contributed by atoms with van der Waals surface area (Å²) < 4.78 is 11.6. The first-order chi connectivity index (χ1) is 16.5. The summed E-state index contributed by atoms with van der Waals surface area (Å²) in [4.78, 5) is 23.8. The van der Waals surface area contributed by atoms with Crippen LogP contribution in [0.1, 0.15) is 119 Å². The number of rotatable bonds is 7. The number of hydrogen-bond donors (Lipinski definition) is 0. The molecule has 0 aromatic carbocycles. The molecule has 0 heterocycles. The lowest BCUT2D eigenvalue weighted by Crippen LogP contribution is -2.59. The summed E-state index contributed by atoms with van der Waals surface area (Å²) in [5, 5.41) is 0. The summed E-state index contributed by atoms with van der Waals surface area (Å²) in [5.41, 5.74) is 0.661. The van der Waals surface area contributed by atoms with Crippen LogP contribution in [0.4, 0.5) is 0 Å². The second-order valence-corrected chi connectivity index (χ2v) is 13.9. The van der Waals surface area contributed by atoms with Crippen LogP contribution in [0.25, 0.3) is 0 Å². The van der Waals surface area contributed by atoms with Crippen molar-refractivity contribution in [2.75, 3.05) is 0 Å². The van der Waals surface area contributed by atoms with Gasteiger partial charge in [0, 0.05) is 19.8 Å². The Bertz CT molecular complexity index is 776. The molecule has 0 radical (unpaired) electrons. The van der Waals surface area contributed by atoms with Gasteiger partial charge in [0.15, 0.2) is 0 Å². The van der Waals surface area contributed by atoms with E-state index in [2.05, 4.69) is 34.6 Å². The Morgan fingerprint density at radius 3 is 2.06 bits per heavy atom. The van der Waals surface area contributed by atoms with Gasteiger partial charge < -0.3 is 9.47 Å². The molecule has 4 fully saturated rings. The van der Waals surface area contributed by atoms with Gasteiger partial charge in [0.1, 0.15) is 12.2 Å². The summed E-state index contributed by atoms with van der Waals surface area (Å²) in [7, 11) is 0. The van der Waals surface area contributed by atoms with E-state index in [1.807, 2.05) is 0 Å². The molecule has 10 atom stereocenters. The average molecular weight is 489 g/mol. The van der Waals surface area contributed by atoms with Crippen LogP contribution >= 0.6 is 0 Å². The molecule has 4 rings (SSSR count). The first kappa shape index (κ1) is 27.0. The van der Waals surface area contributed by atoms with Gasteiger partial charge in [-0.25, -0.2) is 0 Å². The smallest absolute Gasteiger partial charge is 0.303 e. The first-order valence-electron chi connectivity index (χ1n) is 14.8. The van der Waals surface area contributed by atoms with Crippen LogP contribution in [0.2, 0.25) is 0 Å². The van der Waals surface area contributed by atoms with Crippen molar-refractivity contribution in [3.63, 3.8) is 0 Å². The summed E-state index contributed by atoms with van der Waals surface area (Å²) in [5.74, 6) is 4.64. The summed E-state index contributed by atoms with van der Waals surface area (Å²) in [6.45, 7) is 15.3. The zero-order valence-electron chi connectivity index (χ0n) is 23.6. The molecule has 0 spiro atoms. The highest BCUT2D eigenvalue weighted by atomic mass is 16.6. The van der Waals surface area contributed by atoms with Crippen molar-refractivity contribution in [1.82, 2.24) is 0 Å². The zero-order valence-corrected chi connectivity index (χ0v) is 23.6. The Kier molecular flexibility index (Phi) is 7.99. The average Bonchev–Trinajstić information content (AvgIpc) is 3.12. The number of fused-ring (bicyclic) bond motifs is 5. The number of esters is 2. The van der Waals surface area contributed by atoms with Crippen molar-refractivity contribution in [1.29, 1.82) is 0 Å². The standard InChI is InChI=1S/C31H52O4/c1-19(2)9-8-10-20(3)24-13-14-25-23-11-12-27-29(35-22(5)33)28(34-21(4)32)16-18-31(27,7)26(23)15-17-30(24,25)6/h19-20,23-29H,8-18H2,1-7H3/t20-,23+,24-,25+,26+,27+,28+,29+,30-,31-/m1/s1. The molecule has 4 aliphatic carbocycles. The first-order valence-corrected chi connectivity index (χ1v) is 14.8. The maximum atomic E-state index is 12.0. The van der Waals surface area contributed by atoms with Gasteiger partial charge in [-0.15, -0.1) is 0 Å². The van der Waals surface area contributed by atoms with E-state index in [-0.39, 0.29) is 29.6 Å². The van der Waals surface area contributed by atoms with Gasteiger partial charge in [0.2, 0.25) is 0 Å². The Morgan fingerprint density at radius 1 is 0.771 bits per heavy atom. The number of carbonyl (C=O) groups is 2. The maximum absolute atomic E-state index is 12.0. The van der Waals surface area contributed by atoms with E-state index >= 15 is 0 Å². The molecular weight excluding hydrogens is 436 g/mol. The third-order valence-corrected chi connectivity index (χ3v) is 11.5. The van der Waals surface area contributed by atoms with E-state index < -0.39 is 0 Å². The van der Waals surface area contributed by atoms with Crippen LogP contribution in [-0.2, 0) is 19.1 Å². The van der Waals surface area contributed by atoms with E-state index in [1.54, 1.807) is 0 Å². The van der Waals surface area contributed by atoms with E-state index in [0.29, 0.717) is 17.3 Å². The van der Waals surface area contributed by atoms with Gasteiger partial charge in [-0.05, 0) is 97.7 Å². The fourth-order valence-electron chi connectivity index (χ4n) is 9.99. The molecule has 0 bridgehead atoms. The van der Waals surface area contributed by atoms with E-state index in [9.17, 15) is 9.59 Å². The molecule has 0 amide bonds. The molecule has 0 aromatic rings. The fraction of sp³-hybridized carbons (Fsp3) is 0.935. The lowest BCUT2D eigenvalue weighted by Gasteiger charge is -2.62. The maximum Gasteiger partial charge on any atom is 0.303 e. The molecule has 200 valence electrons. The van der Waals surface area contributed by atoms with Gasteiger partial charge >= 0.3 is 11.9 Å². The molecule has 0 aromatic heterocycles. The fourth-order valence-corrected chi connectivity index (χ4v) is 9.99. The lowest BCUT2D eigenvalue weighted by atomic mass is 9.44. The van der Waals surface area contributed by atoms with E-state index in [0.717, 1.165) is 48.9 Å². The topological polar surface area (TPSA) is 52.6 Å². The van der Waals surface area contributed by atoms with Gasteiger partial charge in [-0.3, -0.25) is 9.59 Å². The van der Waals surface area contributed by atoms with Crippen LogP contribution in [0, 0.1) is 52.3 Å². The molecule has 35 heavy (non-hydrogen) atoms. The minimum Gasteiger partial charge on any atom is -0.459 e. The second kappa shape index (κ2) is 10.4. The largest absolute Gasteiger partial charge is 0.459 e. The van der Waals surface area contributed by atoms with Crippen LogP contribution in [0.15, 0.2) is 0 Å². The van der Waals surface area contributed by atoms with Gasteiger partial charge in [0.25, 0.3) is 0 Å². The summed E-state index contributed by atoms with van der Waals surface area (Å²) in [6, 6.07) is 0. The minimum atomic E-state index is -0.290. The minimum absolute atomic E-state index is 0.169. The molecule has 0 aliphatic heterocycles. The van der Waals surface area contributed by atoms with Gasteiger partial charge in [-0.1, -0.05) is 53.9 Å². The van der Waals surface area contributed by atoms with Crippen molar-refractivity contribution in [3.05, 3.63) is 0 Å². The molecule has 0 N–H and O–H groups in total. The predicted molar refractivity (Wildman–Crippen MR) is 140 cm³/mol. The third-order valence-electron chi connectivity index (χ3n) is 11.5. The molecule has 0 saturated heterocycles. The van der Waals surface area contributed by atoms with Crippen molar-refractivity contribution in [2.24, 2.45) is 52.3 Å². The highest BCUT2D eigenvalue weighted by Gasteiger charge is 2.63. The number of ether oxygens (including phenoxy) is 2. The van der Waals surface area contributed by atoms with E-state index in [1.165, 1.54) is 65.2 Å². The SMILES string of the molecule is CC(=O)O[C@@H]1[C@@H](OC(C)=O)CC[C@]2(C)[C@H]3CC[C@]4(C)[C@@H]([C@H](C)CCCC(C)C)CC[C@H]4[C@@H]3CC[C@@H]12. The van der Waals surface area contributed by atoms with E-state index in [4.69, 9.17) is 9.47 Å². The quantitative estimate of drug-likeness (QED) is 0.347. The van der Waals surface area contributed by atoms with Crippen LogP contribution < -0.4 is 0 Å². The Labute approximate surface area is 214 Å². The van der Waals surface area contributed by atoms with Crippen molar-refractivity contribution >= 4 is 11.9 Å². The molecule has 4 aliphatic rings. The highest BCUT2D eigenvalue weighted by Crippen LogP contribution is 2.68. The monoisotopic (exact) mass is 488 g/mol. The number of carbonyl (C=O) groups excluding carboxylic acids is 2. The molecule has 4 saturated carbocycles. The van der Waals surface area contributed by atoms with Crippen LogP contribution in [-0.4, -0.2) is 24.1 Å². The summed E-state index contributed by atoms with van der Waals surface area (Å²) in [6.07, 6.45) is 13.2. The van der Waals surface area contributed by atoms with Crippen molar-refractivity contribution < 1.29 is 19.1 Å². The Morgan fingerprint density at radius 2 is 1.40 bits per heavy atom. The van der Waals surface area contributed by atoms with Crippen LogP contribution in [0.3, 0.4) is 0 Å². The number of hydrogen-bond acceptors (Lipinski definition) is 4. The highest BCUT2D eigenvalue weighted by molar-refractivity contribution is 5.67. The molecule has 0 unspecified atom stereocenters. The normalized spacial score (nSPS) is 43.6. The third kappa shape index (κ3) is 5.06. The second-order valence-electron chi connectivity index (χ2n) is 13.9. The molecule has 4 heteroatoms.